The summed E-state index contributed by atoms with van der Waals surface area (Å²) in [6, 6.07) is 0.220. The fourth-order valence-corrected chi connectivity index (χ4v) is 2.57. The van der Waals surface area contributed by atoms with Gasteiger partial charge in [-0.05, 0) is 19.3 Å². The maximum atomic E-state index is 12.0. The maximum Gasteiger partial charge on any atom is 0.356 e. The predicted molar refractivity (Wildman–Crippen MR) is 72.5 cm³/mol. The molecule has 2 unspecified atom stereocenters. The number of rotatable bonds is 4. The molecule has 2 heterocycles. The summed E-state index contributed by atoms with van der Waals surface area (Å²) >= 11 is 0. The van der Waals surface area contributed by atoms with Gasteiger partial charge in [-0.15, -0.1) is 0 Å². The highest BCUT2D eigenvalue weighted by atomic mass is 16.4. The number of carbonyl (C=O) groups is 2. The van der Waals surface area contributed by atoms with Crippen molar-refractivity contribution in [2.45, 2.75) is 32.9 Å². The van der Waals surface area contributed by atoms with Gasteiger partial charge in [-0.1, -0.05) is 6.92 Å². The van der Waals surface area contributed by atoms with Crippen LogP contribution >= 0.6 is 0 Å². The number of imidazole rings is 1. The maximum absolute atomic E-state index is 12.0. The molecule has 110 valence electrons. The Morgan fingerprint density at radius 1 is 1.50 bits per heavy atom. The average molecular weight is 280 g/mol. The molecule has 7 heteroatoms. The van der Waals surface area contributed by atoms with Gasteiger partial charge in [0.25, 0.3) is 0 Å². The summed E-state index contributed by atoms with van der Waals surface area (Å²) in [7, 11) is 0. The van der Waals surface area contributed by atoms with E-state index in [1.807, 2.05) is 4.90 Å². The molecule has 2 N–H and O–H groups in total. The monoisotopic (exact) mass is 280 g/mol. The van der Waals surface area contributed by atoms with Gasteiger partial charge >= 0.3 is 12.0 Å². The van der Waals surface area contributed by atoms with Crippen LogP contribution in [0.3, 0.4) is 0 Å². The average Bonchev–Trinajstić information content (AvgIpc) is 2.96. The second kappa shape index (κ2) is 5.94. The predicted octanol–water partition coefficient (Wildman–Crippen LogP) is 1.02. The zero-order valence-corrected chi connectivity index (χ0v) is 11.7. The van der Waals surface area contributed by atoms with Crippen molar-refractivity contribution in [1.82, 2.24) is 19.8 Å². The van der Waals surface area contributed by atoms with Gasteiger partial charge in [0, 0.05) is 31.9 Å². The Balaban J connectivity index is 1.77. The largest absolute Gasteiger partial charge is 0.476 e. The number of nitrogens with one attached hydrogen (secondary N) is 1. The first-order chi connectivity index (χ1) is 9.47. The summed E-state index contributed by atoms with van der Waals surface area (Å²) in [4.78, 5) is 28.3. The molecule has 7 nitrogen and oxygen atoms in total. The Kier molecular flexibility index (Phi) is 4.26. The van der Waals surface area contributed by atoms with Crippen molar-refractivity contribution in [2.75, 3.05) is 13.1 Å². The lowest BCUT2D eigenvalue weighted by atomic mass is 10.1. The normalized spacial score (nSPS) is 22.0. The van der Waals surface area contributed by atoms with E-state index in [4.69, 9.17) is 5.11 Å². The van der Waals surface area contributed by atoms with E-state index in [1.165, 1.54) is 12.5 Å². The van der Waals surface area contributed by atoms with Crippen molar-refractivity contribution in [2.24, 2.45) is 5.92 Å². The summed E-state index contributed by atoms with van der Waals surface area (Å²) in [5.41, 5.74) is 0.0123. The minimum Gasteiger partial charge on any atom is -0.476 e. The van der Waals surface area contributed by atoms with E-state index < -0.39 is 5.97 Å². The fraction of sp³-hybridized carbons (Fsp3) is 0.615. The second-order valence-corrected chi connectivity index (χ2v) is 5.38. The van der Waals surface area contributed by atoms with E-state index in [0.717, 1.165) is 13.0 Å². The van der Waals surface area contributed by atoms with Gasteiger partial charge in [0.05, 0.1) is 6.33 Å². The van der Waals surface area contributed by atoms with Gasteiger partial charge in [-0.25, -0.2) is 14.6 Å². The Hall–Kier alpha value is -2.05. The number of amides is 2. The molecule has 1 aliphatic rings. The molecule has 20 heavy (non-hydrogen) atoms. The molecule has 0 radical (unpaired) electrons. The standard InChI is InChI=1S/C13H20N4O3/c1-9-5-10(2)17(6-9)13(20)14-3-4-16-7-11(12(18)19)15-8-16/h7-10H,3-6H2,1-2H3,(H,14,20)(H,18,19). The third-order valence-electron chi connectivity index (χ3n) is 3.54. The minimum absolute atomic E-state index is 0.0123. The number of likely N-dealkylation sites (tertiary alicyclic amines) is 1. The fourth-order valence-electron chi connectivity index (χ4n) is 2.57. The summed E-state index contributed by atoms with van der Waals surface area (Å²) in [5, 5.41) is 11.6. The topological polar surface area (TPSA) is 87.5 Å². The van der Waals surface area contributed by atoms with Gasteiger partial charge in [-0.2, -0.15) is 0 Å². The molecular weight excluding hydrogens is 260 g/mol. The van der Waals surface area contributed by atoms with E-state index in [1.54, 1.807) is 4.57 Å². The molecule has 1 aromatic heterocycles. The molecule has 0 aromatic carbocycles. The van der Waals surface area contributed by atoms with Crippen LogP contribution in [0.1, 0.15) is 30.8 Å². The van der Waals surface area contributed by atoms with Gasteiger partial charge < -0.3 is 19.9 Å². The number of hydrogen-bond donors (Lipinski definition) is 2. The number of carboxylic acids is 1. The number of hydrogen-bond acceptors (Lipinski definition) is 3. The van der Waals surface area contributed by atoms with Gasteiger partial charge in [0.2, 0.25) is 0 Å². The lowest BCUT2D eigenvalue weighted by molar-refractivity contribution is 0.0691. The lowest BCUT2D eigenvalue weighted by Gasteiger charge is -2.21. The third-order valence-corrected chi connectivity index (χ3v) is 3.54. The Labute approximate surface area is 117 Å². The van der Waals surface area contributed by atoms with Crippen LogP contribution in [0.5, 0.6) is 0 Å². The lowest BCUT2D eigenvalue weighted by Crippen LogP contribution is -2.42. The second-order valence-electron chi connectivity index (χ2n) is 5.38. The van der Waals surface area contributed by atoms with Crippen LogP contribution in [-0.2, 0) is 6.54 Å². The molecule has 0 saturated carbocycles. The van der Waals surface area contributed by atoms with E-state index in [2.05, 4.69) is 24.1 Å². The van der Waals surface area contributed by atoms with Crippen LogP contribution in [0.15, 0.2) is 12.5 Å². The summed E-state index contributed by atoms with van der Waals surface area (Å²) in [6.07, 6.45) is 3.95. The molecule has 1 aromatic rings. The van der Waals surface area contributed by atoms with Crippen molar-refractivity contribution in [3.8, 4) is 0 Å². The van der Waals surface area contributed by atoms with E-state index in [0.29, 0.717) is 19.0 Å². The van der Waals surface area contributed by atoms with Crippen LogP contribution in [-0.4, -0.2) is 50.7 Å². The van der Waals surface area contributed by atoms with Crippen LogP contribution < -0.4 is 5.32 Å². The van der Waals surface area contributed by atoms with Crippen molar-refractivity contribution in [3.05, 3.63) is 18.2 Å². The van der Waals surface area contributed by atoms with E-state index in [-0.39, 0.29) is 17.8 Å². The van der Waals surface area contributed by atoms with Crippen LogP contribution in [0.4, 0.5) is 4.79 Å². The number of nitrogens with zero attached hydrogens (tertiary/aromatic N) is 3. The highest BCUT2D eigenvalue weighted by Gasteiger charge is 2.29. The molecule has 1 fully saturated rings. The first-order valence-corrected chi connectivity index (χ1v) is 6.77. The van der Waals surface area contributed by atoms with Crippen molar-refractivity contribution >= 4 is 12.0 Å². The Morgan fingerprint density at radius 3 is 2.80 bits per heavy atom. The van der Waals surface area contributed by atoms with E-state index >= 15 is 0 Å². The molecule has 0 spiro atoms. The van der Waals surface area contributed by atoms with Crippen molar-refractivity contribution < 1.29 is 14.7 Å². The van der Waals surface area contributed by atoms with Crippen LogP contribution in [0.25, 0.3) is 0 Å². The highest BCUT2D eigenvalue weighted by molar-refractivity contribution is 5.84. The van der Waals surface area contributed by atoms with Crippen LogP contribution in [0, 0.1) is 5.92 Å². The Morgan fingerprint density at radius 2 is 2.25 bits per heavy atom. The molecule has 1 saturated heterocycles. The van der Waals surface area contributed by atoms with Crippen LogP contribution in [0.2, 0.25) is 0 Å². The number of aromatic carboxylic acids is 1. The number of carboxylic acid groups (broad SMARTS) is 1. The molecule has 0 bridgehead atoms. The zero-order chi connectivity index (χ0) is 14.7. The number of carbonyl (C=O) groups excluding carboxylic acids is 1. The van der Waals surface area contributed by atoms with Gasteiger partial charge in [-0.3, -0.25) is 0 Å². The first kappa shape index (κ1) is 14.4. The smallest absolute Gasteiger partial charge is 0.356 e. The molecule has 2 atom stereocenters. The van der Waals surface area contributed by atoms with Crippen molar-refractivity contribution in [3.63, 3.8) is 0 Å². The Bertz CT molecular complexity index is 500. The molecule has 1 aliphatic heterocycles. The van der Waals surface area contributed by atoms with E-state index in [9.17, 15) is 9.59 Å². The third kappa shape index (κ3) is 3.28. The minimum atomic E-state index is -1.05. The summed E-state index contributed by atoms with van der Waals surface area (Å²) in [6.45, 7) is 5.94. The molecular formula is C13H20N4O3. The van der Waals surface area contributed by atoms with Gasteiger partial charge in [0.1, 0.15) is 0 Å². The number of urea groups is 1. The SMILES string of the molecule is CC1CC(C)N(C(=O)NCCn2cnc(C(=O)O)c2)C1. The van der Waals surface area contributed by atoms with Gasteiger partial charge in [0.15, 0.2) is 5.69 Å². The molecule has 2 rings (SSSR count). The first-order valence-electron chi connectivity index (χ1n) is 6.77. The quantitative estimate of drug-likeness (QED) is 0.862. The molecule has 0 aliphatic carbocycles. The highest BCUT2D eigenvalue weighted by Crippen LogP contribution is 2.21. The number of aromatic nitrogens is 2. The summed E-state index contributed by atoms with van der Waals surface area (Å²) in [5.74, 6) is -0.504. The summed E-state index contributed by atoms with van der Waals surface area (Å²) < 4.78 is 1.65. The van der Waals surface area contributed by atoms with Crippen molar-refractivity contribution in [1.29, 1.82) is 0 Å². The zero-order valence-electron chi connectivity index (χ0n) is 11.7. The molecule has 2 amide bonds.